The average Bonchev–Trinajstić information content (AvgIpc) is 2.32. The zero-order valence-corrected chi connectivity index (χ0v) is 10.9. The molecule has 0 aliphatic heterocycles. The highest BCUT2D eigenvalue weighted by Crippen LogP contribution is 2.19. The molecule has 0 unspecified atom stereocenters. The van der Waals surface area contributed by atoms with Crippen molar-refractivity contribution in [2.24, 2.45) is 0 Å². The number of sulfonamides is 1. The summed E-state index contributed by atoms with van der Waals surface area (Å²) in [5.74, 6) is -0.688. The molecule has 2 rings (SSSR count). The first kappa shape index (κ1) is 13.5. The van der Waals surface area contributed by atoms with Crippen LogP contribution in [0, 0.1) is 5.82 Å². The van der Waals surface area contributed by atoms with Crippen molar-refractivity contribution in [1.82, 2.24) is 9.97 Å². The van der Waals surface area contributed by atoms with Gasteiger partial charge in [0.1, 0.15) is 23.1 Å². The third kappa shape index (κ3) is 3.09. The van der Waals surface area contributed by atoms with Crippen molar-refractivity contribution in [3.63, 3.8) is 0 Å². The summed E-state index contributed by atoms with van der Waals surface area (Å²) in [5, 5.41) is 0.0892. The van der Waals surface area contributed by atoms with E-state index in [1.54, 1.807) is 0 Å². The number of hydrogen-bond acceptors (Lipinski definition) is 5. The third-order valence-corrected chi connectivity index (χ3v) is 3.71. The first-order chi connectivity index (χ1) is 8.88. The molecule has 1 aromatic heterocycles. The Kier molecular flexibility index (Phi) is 3.54. The van der Waals surface area contributed by atoms with Gasteiger partial charge in [-0.25, -0.2) is 22.8 Å². The molecule has 0 spiro atoms. The number of hydrogen-bond donors (Lipinski definition) is 2. The lowest BCUT2D eigenvalue weighted by molar-refractivity contribution is 0.600. The zero-order valence-electron chi connectivity index (χ0n) is 9.34. The number of rotatable bonds is 3. The highest BCUT2D eigenvalue weighted by atomic mass is 35.5. The summed E-state index contributed by atoms with van der Waals surface area (Å²) in [6.45, 7) is 0. The monoisotopic (exact) mass is 302 g/mol. The van der Waals surface area contributed by atoms with Crippen molar-refractivity contribution in [1.29, 1.82) is 0 Å². The number of nitrogens with two attached hydrogens (primary N) is 1. The number of nitrogens with zero attached hydrogens (tertiary/aromatic N) is 2. The quantitative estimate of drug-likeness (QED) is 0.663. The molecule has 0 aliphatic rings. The number of nitrogen functional groups attached to an aromatic ring is 1. The van der Waals surface area contributed by atoms with E-state index < -0.39 is 15.8 Å². The molecule has 0 saturated heterocycles. The van der Waals surface area contributed by atoms with E-state index in [9.17, 15) is 12.8 Å². The summed E-state index contributed by atoms with van der Waals surface area (Å²) in [6, 6.07) is 4.32. The van der Waals surface area contributed by atoms with Gasteiger partial charge in [0.2, 0.25) is 0 Å². The van der Waals surface area contributed by atoms with E-state index in [1.165, 1.54) is 6.07 Å². The fraction of sp³-hybridized carbons (Fsp3) is 0. The van der Waals surface area contributed by atoms with Gasteiger partial charge in [-0.2, -0.15) is 0 Å². The van der Waals surface area contributed by atoms with Crippen molar-refractivity contribution in [2.45, 2.75) is 4.90 Å². The smallest absolute Gasteiger partial charge is 0.263 e. The molecule has 1 heterocycles. The summed E-state index contributed by atoms with van der Waals surface area (Å²) < 4.78 is 39.1. The Morgan fingerprint density at radius 2 is 2.00 bits per heavy atom. The van der Waals surface area contributed by atoms with Crippen LogP contribution in [-0.2, 0) is 10.0 Å². The van der Waals surface area contributed by atoms with Crippen molar-refractivity contribution in [3.8, 4) is 0 Å². The van der Waals surface area contributed by atoms with E-state index in [4.69, 9.17) is 17.3 Å². The van der Waals surface area contributed by atoms with Crippen LogP contribution in [0.2, 0.25) is 5.15 Å². The normalized spacial score (nSPS) is 11.3. The molecule has 6 nitrogen and oxygen atoms in total. The molecule has 2 aromatic rings. The Hall–Kier alpha value is -1.93. The highest BCUT2D eigenvalue weighted by molar-refractivity contribution is 7.92. The number of halogens is 2. The van der Waals surface area contributed by atoms with Gasteiger partial charge in [0.05, 0.1) is 10.6 Å². The summed E-state index contributed by atoms with van der Waals surface area (Å²) in [4.78, 5) is 7.14. The Morgan fingerprint density at radius 3 is 2.63 bits per heavy atom. The maximum atomic E-state index is 13.0. The van der Waals surface area contributed by atoms with Gasteiger partial charge in [0, 0.05) is 6.07 Å². The van der Waals surface area contributed by atoms with Crippen molar-refractivity contribution in [3.05, 3.63) is 41.6 Å². The van der Waals surface area contributed by atoms with Crippen LogP contribution in [0.15, 0.2) is 35.5 Å². The predicted octanol–water partition coefficient (Wildman–Crippen LogP) is 1.65. The van der Waals surface area contributed by atoms with Crippen molar-refractivity contribution < 1.29 is 12.8 Å². The third-order valence-electron chi connectivity index (χ3n) is 2.15. The van der Waals surface area contributed by atoms with E-state index in [-0.39, 0.29) is 21.6 Å². The molecule has 0 bridgehead atoms. The highest BCUT2D eigenvalue weighted by Gasteiger charge is 2.16. The van der Waals surface area contributed by atoms with Crippen LogP contribution >= 0.6 is 11.6 Å². The molecule has 0 atom stereocenters. The first-order valence-electron chi connectivity index (χ1n) is 4.94. The first-order valence-corrected chi connectivity index (χ1v) is 6.80. The Labute approximate surface area is 113 Å². The van der Waals surface area contributed by atoms with Gasteiger partial charge in [-0.3, -0.25) is 4.72 Å². The number of nitrogens with one attached hydrogen (secondary N) is 1. The lowest BCUT2D eigenvalue weighted by Crippen LogP contribution is -2.14. The molecule has 0 aliphatic carbocycles. The van der Waals surface area contributed by atoms with Crippen LogP contribution in [0.25, 0.3) is 0 Å². The minimum absolute atomic E-state index is 0.00268. The molecule has 3 N–H and O–H groups in total. The summed E-state index contributed by atoms with van der Waals surface area (Å²) in [7, 11) is -3.91. The van der Waals surface area contributed by atoms with Gasteiger partial charge < -0.3 is 5.73 Å². The standard InChI is InChI=1S/C10H8ClFN4O2S/c11-9-4-10(15-5-14-9)16-19(17,18)6-1-2-7(12)8(13)3-6/h1-5H,13H2,(H,14,15,16). The largest absolute Gasteiger partial charge is 0.396 e. The molecule has 0 amide bonds. The number of benzene rings is 1. The van der Waals surface area contributed by atoms with E-state index in [1.807, 2.05) is 0 Å². The number of anilines is 2. The number of aromatic nitrogens is 2. The maximum absolute atomic E-state index is 13.0. The second-order valence-electron chi connectivity index (χ2n) is 3.51. The van der Waals surface area contributed by atoms with E-state index in [2.05, 4.69) is 14.7 Å². The van der Waals surface area contributed by atoms with Crippen LogP contribution in [0.5, 0.6) is 0 Å². The van der Waals surface area contributed by atoms with E-state index >= 15 is 0 Å². The van der Waals surface area contributed by atoms with Crippen LogP contribution in [0.3, 0.4) is 0 Å². The molecule has 0 radical (unpaired) electrons. The summed E-state index contributed by atoms with van der Waals surface area (Å²) in [5.41, 5.74) is 5.06. The molecule has 100 valence electrons. The molecule has 0 saturated carbocycles. The summed E-state index contributed by atoms with van der Waals surface area (Å²) in [6.07, 6.45) is 1.11. The van der Waals surface area contributed by atoms with Crippen LogP contribution in [0.1, 0.15) is 0 Å². The van der Waals surface area contributed by atoms with Gasteiger partial charge in [0.25, 0.3) is 10.0 Å². The topological polar surface area (TPSA) is 98.0 Å². The van der Waals surface area contributed by atoms with Gasteiger partial charge in [-0.05, 0) is 18.2 Å². The van der Waals surface area contributed by atoms with Crippen molar-refractivity contribution in [2.75, 3.05) is 10.5 Å². The zero-order chi connectivity index (χ0) is 14.0. The predicted molar refractivity (Wildman–Crippen MR) is 68.7 cm³/mol. The van der Waals surface area contributed by atoms with Crippen LogP contribution in [0.4, 0.5) is 15.9 Å². The SMILES string of the molecule is Nc1cc(S(=O)(=O)Nc2cc(Cl)ncn2)ccc1F. The Bertz CT molecular complexity index is 723. The van der Waals surface area contributed by atoms with E-state index in [0.29, 0.717) is 0 Å². The molecule has 9 heteroatoms. The molecule has 0 fully saturated rings. The second kappa shape index (κ2) is 4.98. The molecule has 19 heavy (non-hydrogen) atoms. The second-order valence-corrected chi connectivity index (χ2v) is 5.58. The molecular formula is C10H8ClFN4O2S. The van der Waals surface area contributed by atoms with E-state index in [0.717, 1.165) is 24.5 Å². The Morgan fingerprint density at radius 1 is 1.26 bits per heavy atom. The molecular weight excluding hydrogens is 295 g/mol. The van der Waals surface area contributed by atoms with Gasteiger partial charge in [-0.1, -0.05) is 11.6 Å². The lowest BCUT2D eigenvalue weighted by atomic mass is 10.3. The minimum atomic E-state index is -3.91. The van der Waals surface area contributed by atoms with Gasteiger partial charge in [-0.15, -0.1) is 0 Å². The summed E-state index contributed by atoms with van der Waals surface area (Å²) >= 11 is 5.61. The maximum Gasteiger partial charge on any atom is 0.263 e. The Balaban J connectivity index is 2.35. The van der Waals surface area contributed by atoms with Gasteiger partial charge in [0.15, 0.2) is 0 Å². The fourth-order valence-corrected chi connectivity index (χ4v) is 2.46. The van der Waals surface area contributed by atoms with Crippen LogP contribution in [-0.4, -0.2) is 18.4 Å². The molecule has 1 aromatic carbocycles. The van der Waals surface area contributed by atoms with Gasteiger partial charge >= 0.3 is 0 Å². The minimum Gasteiger partial charge on any atom is -0.396 e. The lowest BCUT2D eigenvalue weighted by Gasteiger charge is -2.08. The van der Waals surface area contributed by atoms with Crippen molar-refractivity contribution >= 4 is 33.1 Å². The van der Waals surface area contributed by atoms with Crippen LogP contribution < -0.4 is 10.5 Å². The fourth-order valence-electron chi connectivity index (χ4n) is 1.27. The average molecular weight is 303 g/mol.